The summed E-state index contributed by atoms with van der Waals surface area (Å²) in [6.07, 6.45) is 12.0. The summed E-state index contributed by atoms with van der Waals surface area (Å²) in [5, 5.41) is 3.10. The highest BCUT2D eigenvalue weighted by Gasteiger charge is 2.24. The number of fused-ring (bicyclic) bond motifs is 1. The van der Waals surface area contributed by atoms with Gasteiger partial charge in [-0.2, -0.15) is 0 Å². The lowest BCUT2D eigenvalue weighted by Crippen LogP contribution is -2.43. The number of imidazole rings is 1. The molecule has 1 aliphatic carbocycles. The van der Waals surface area contributed by atoms with Gasteiger partial charge in [0.25, 0.3) is 5.91 Å². The number of pyridine rings is 2. The van der Waals surface area contributed by atoms with Crippen molar-refractivity contribution in [1.29, 1.82) is 0 Å². The van der Waals surface area contributed by atoms with Crippen LogP contribution in [0.1, 0.15) is 53.7 Å². The molecule has 1 saturated heterocycles. The van der Waals surface area contributed by atoms with E-state index in [0.29, 0.717) is 31.4 Å². The van der Waals surface area contributed by atoms with Gasteiger partial charge >= 0.3 is 0 Å². The Labute approximate surface area is 181 Å². The molecule has 5 rings (SSSR count). The normalized spacial score (nSPS) is 19.0. The third-order valence-electron chi connectivity index (χ3n) is 6.40. The molecular weight excluding hydrogens is 392 g/mol. The first kappa shape index (κ1) is 20.1. The summed E-state index contributed by atoms with van der Waals surface area (Å²) in [5.41, 5.74) is 3.27. The third-order valence-corrected chi connectivity index (χ3v) is 6.40. The number of hydrogen-bond acceptors (Lipinski definition) is 6. The fraction of sp³-hybridized carbons (Fsp3) is 0.478. The standard InChI is InChI=1S/C23H28N6O2/c30-23(18-12-20-22(25-14-18)29(16-27-20)19-5-1-2-6-19)26-15-21(17-4-3-7-24-13-17)28-8-10-31-11-9-28/h3-4,7,12-14,16,19,21H,1-2,5-6,8-11,15H2,(H,26,30). The Morgan fingerprint density at radius 1 is 1.19 bits per heavy atom. The van der Waals surface area contributed by atoms with Crippen LogP contribution >= 0.6 is 0 Å². The molecule has 0 spiro atoms. The van der Waals surface area contributed by atoms with Crippen LogP contribution in [-0.2, 0) is 4.74 Å². The van der Waals surface area contributed by atoms with E-state index in [1.54, 1.807) is 12.4 Å². The molecule has 8 heteroatoms. The van der Waals surface area contributed by atoms with Crippen molar-refractivity contribution in [2.45, 2.75) is 37.8 Å². The maximum Gasteiger partial charge on any atom is 0.252 e. The minimum absolute atomic E-state index is 0.0554. The highest BCUT2D eigenvalue weighted by molar-refractivity contribution is 5.96. The molecule has 3 aromatic heterocycles. The number of rotatable bonds is 6. The first-order chi connectivity index (χ1) is 15.3. The van der Waals surface area contributed by atoms with Gasteiger partial charge in [0.15, 0.2) is 5.65 Å². The van der Waals surface area contributed by atoms with Crippen LogP contribution in [0.15, 0.2) is 43.1 Å². The summed E-state index contributed by atoms with van der Waals surface area (Å²) in [6, 6.07) is 6.37. The molecule has 4 heterocycles. The van der Waals surface area contributed by atoms with E-state index in [4.69, 9.17) is 4.74 Å². The first-order valence-electron chi connectivity index (χ1n) is 11.1. The van der Waals surface area contributed by atoms with Crippen molar-refractivity contribution in [3.8, 4) is 0 Å². The summed E-state index contributed by atoms with van der Waals surface area (Å²) in [6.45, 7) is 3.58. The highest BCUT2D eigenvalue weighted by atomic mass is 16.5. The minimum atomic E-state index is -0.132. The number of aromatic nitrogens is 4. The van der Waals surface area contributed by atoms with Crippen molar-refractivity contribution in [3.05, 3.63) is 54.2 Å². The Balaban J connectivity index is 1.30. The predicted octanol–water partition coefficient (Wildman–Crippen LogP) is 2.74. The Kier molecular flexibility index (Phi) is 5.90. The topological polar surface area (TPSA) is 85.2 Å². The number of morpholine rings is 1. The minimum Gasteiger partial charge on any atom is -0.379 e. The molecule has 31 heavy (non-hydrogen) atoms. The number of nitrogens with one attached hydrogen (secondary N) is 1. The molecule has 3 aromatic rings. The van der Waals surface area contributed by atoms with Gasteiger partial charge in [-0.05, 0) is 30.5 Å². The number of carbonyl (C=O) groups excluding carboxylic acids is 1. The zero-order valence-electron chi connectivity index (χ0n) is 17.6. The van der Waals surface area contributed by atoms with Crippen molar-refractivity contribution in [3.63, 3.8) is 0 Å². The van der Waals surface area contributed by atoms with Crippen LogP contribution in [0.3, 0.4) is 0 Å². The van der Waals surface area contributed by atoms with Gasteiger partial charge in [0.1, 0.15) is 5.52 Å². The molecule has 1 atom stereocenters. The summed E-state index contributed by atoms with van der Waals surface area (Å²) in [7, 11) is 0. The van der Waals surface area contributed by atoms with E-state index in [-0.39, 0.29) is 11.9 Å². The molecule has 0 bridgehead atoms. The van der Waals surface area contributed by atoms with E-state index in [2.05, 4.69) is 35.8 Å². The van der Waals surface area contributed by atoms with Crippen LogP contribution in [-0.4, -0.2) is 63.2 Å². The van der Waals surface area contributed by atoms with Crippen LogP contribution in [0, 0.1) is 0 Å². The molecule has 1 N–H and O–H groups in total. The lowest BCUT2D eigenvalue weighted by atomic mass is 10.1. The van der Waals surface area contributed by atoms with Crippen molar-refractivity contribution in [1.82, 2.24) is 29.7 Å². The lowest BCUT2D eigenvalue weighted by molar-refractivity contribution is 0.0161. The average molecular weight is 421 g/mol. The maximum atomic E-state index is 12.9. The average Bonchev–Trinajstić information content (AvgIpc) is 3.50. The van der Waals surface area contributed by atoms with E-state index in [9.17, 15) is 4.79 Å². The van der Waals surface area contributed by atoms with E-state index in [1.807, 2.05) is 24.7 Å². The van der Waals surface area contributed by atoms with Crippen molar-refractivity contribution >= 4 is 17.1 Å². The summed E-state index contributed by atoms with van der Waals surface area (Å²) in [4.78, 5) is 28.6. The summed E-state index contributed by atoms with van der Waals surface area (Å²) in [5.74, 6) is -0.132. The number of carbonyl (C=O) groups is 1. The van der Waals surface area contributed by atoms with Crippen LogP contribution in [0.25, 0.3) is 11.2 Å². The quantitative estimate of drug-likeness (QED) is 0.660. The molecule has 1 aliphatic heterocycles. The molecule has 2 aliphatic rings. The van der Waals surface area contributed by atoms with Crippen molar-refractivity contribution in [2.75, 3.05) is 32.8 Å². The van der Waals surface area contributed by atoms with E-state index < -0.39 is 0 Å². The molecule has 162 valence electrons. The number of amides is 1. The van der Waals surface area contributed by atoms with E-state index >= 15 is 0 Å². The van der Waals surface area contributed by atoms with Crippen LogP contribution < -0.4 is 5.32 Å². The van der Waals surface area contributed by atoms with Crippen LogP contribution in [0.5, 0.6) is 0 Å². The smallest absolute Gasteiger partial charge is 0.252 e. The largest absolute Gasteiger partial charge is 0.379 e. The molecule has 8 nitrogen and oxygen atoms in total. The first-order valence-corrected chi connectivity index (χ1v) is 11.1. The Hall–Kier alpha value is -2.84. The number of nitrogens with zero attached hydrogens (tertiary/aromatic N) is 5. The highest BCUT2D eigenvalue weighted by Crippen LogP contribution is 2.31. The Morgan fingerprint density at radius 3 is 2.81 bits per heavy atom. The zero-order chi connectivity index (χ0) is 21.0. The second kappa shape index (κ2) is 9.11. The third kappa shape index (κ3) is 4.31. The molecule has 0 aromatic carbocycles. The fourth-order valence-electron chi connectivity index (χ4n) is 4.70. The SMILES string of the molecule is O=C(NCC(c1cccnc1)N1CCOCC1)c1cnc2c(c1)ncn2C1CCCC1. The van der Waals surface area contributed by atoms with Crippen molar-refractivity contribution in [2.24, 2.45) is 0 Å². The Morgan fingerprint density at radius 2 is 2.03 bits per heavy atom. The van der Waals surface area contributed by atoms with Gasteiger partial charge < -0.3 is 14.6 Å². The lowest BCUT2D eigenvalue weighted by Gasteiger charge is -2.34. The summed E-state index contributed by atoms with van der Waals surface area (Å²) >= 11 is 0. The number of ether oxygens (including phenoxy) is 1. The number of hydrogen-bond donors (Lipinski definition) is 1. The zero-order valence-corrected chi connectivity index (χ0v) is 17.6. The molecular formula is C23H28N6O2. The van der Waals surface area contributed by atoms with Gasteiger partial charge in [0, 0.05) is 44.3 Å². The molecule has 1 saturated carbocycles. The van der Waals surface area contributed by atoms with Gasteiger partial charge in [0.2, 0.25) is 0 Å². The predicted molar refractivity (Wildman–Crippen MR) is 117 cm³/mol. The summed E-state index contributed by atoms with van der Waals surface area (Å²) < 4.78 is 7.67. The second-order valence-electron chi connectivity index (χ2n) is 8.32. The van der Waals surface area contributed by atoms with E-state index in [0.717, 1.165) is 29.8 Å². The van der Waals surface area contributed by atoms with E-state index in [1.165, 1.54) is 25.7 Å². The van der Waals surface area contributed by atoms with Gasteiger partial charge in [-0.15, -0.1) is 0 Å². The van der Waals surface area contributed by atoms with Gasteiger partial charge in [0.05, 0.1) is 31.1 Å². The van der Waals surface area contributed by atoms with Crippen LogP contribution in [0.4, 0.5) is 0 Å². The second-order valence-corrected chi connectivity index (χ2v) is 8.32. The fourth-order valence-corrected chi connectivity index (χ4v) is 4.70. The molecule has 1 unspecified atom stereocenters. The van der Waals surface area contributed by atoms with Gasteiger partial charge in [-0.1, -0.05) is 18.9 Å². The van der Waals surface area contributed by atoms with Gasteiger partial charge in [-0.3, -0.25) is 14.7 Å². The van der Waals surface area contributed by atoms with Crippen molar-refractivity contribution < 1.29 is 9.53 Å². The molecule has 2 fully saturated rings. The Bertz CT molecular complexity index is 1020. The monoisotopic (exact) mass is 420 g/mol. The maximum absolute atomic E-state index is 12.9. The molecule has 1 amide bonds. The molecule has 0 radical (unpaired) electrons. The van der Waals surface area contributed by atoms with Crippen LogP contribution in [0.2, 0.25) is 0 Å². The van der Waals surface area contributed by atoms with Gasteiger partial charge in [-0.25, -0.2) is 9.97 Å².